The van der Waals surface area contributed by atoms with Crippen molar-refractivity contribution in [2.24, 2.45) is 11.8 Å². The van der Waals surface area contributed by atoms with E-state index >= 15 is 0 Å². The molecule has 0 saturated heterocycles. The zero-order valence-corrected chi connectivity index (χ0v) is 21.0. The fraction of sp³-hybridized carbons (Fsp3) is 0.481. The molecule has 4 unspecified atom stereocenters. The molecule has 1 aliphatic carbocycles. The summed E-state index contributed by atoms with van der Waals surface area (Å²) in [5.41, 5.74) is 3.71. The van der Waals surface area contributed by atoms with Crippen LogP contribution in [-0.4, -0.2) is 28.0 Å². The summed E-state index contributed by atoms with van der Waals surface area (Å²) < 4.78 is 3.12. The number of aryl methyl sites for hydroxylation is 2. The lowest BCUT2D eigenvalue weighted by atomic mass is 9.77. The van der Waals surface area contributed by atoms with Gasteiger partial charge in [-0.25, -0.2) is 0 Å². The Labute approximate surface area is 199 Å². The quantitative estimate of drug-likeness (QED) is 0.543. The number of benzene rings is 1. The SMILES string of the molecule is Cc1ccc(N2C(=O)c3cc4sccc4n3CC2(C)C(=O)NC2CCCC(C)C2C)cc1C. The van der Waals surface area contributed by atoms with Crippen LogP contribution in [0.15, 0.2) is 35.7 Å². The average Bonchev–Trinajstić information content (AvgIpc) is 3.36. The predicted octanol–water partition coefficient (Wildman–Crippen LogP) is 5.68. The molecular formula is C27H33N3O2S. The first-order valence-corrected chi connectivity index (χ1v) is 12.9. The van der Waals surface area contributed by atoms with Crippen LogP contribution in [0.1, 0.15) is 61.6 Å². The van der Waals surface area contributed by atoms with Gasteiger partial charge in [0.15, 0.2) is 0 Å². The van der Waals surface area contributed by atoms with E-state index in [2.05, 4.69) is 33.0 Å². The maximum absolute atomic E-state index is 14.0. The highest BCUT2D eigenvalue weighted by atomic mass is 32.1. The van der Waals surface area contributed by atoms with Crippen molar-refractivity contribution in [2.45, 2.75) is 72.0 Å². The molecule has 4 atom stereocenters. The minimum atomic E-state index is -1.03. The Morgan fingerprint density at radius 2 is 1.91 bits per heavy atom. The first kappa shape index (κ1) is 22.2. The summed E-state index contributed by atoms with van der Waals surface area (Å²) >= 11 is 1.63. The lowest BCUT2D eigenvalue weighted by Gasteiger charge is -2.45. The molecule has 2 aromatic heterocycles. The van der Waals surface area contributed by atoms with Crippen molar-refractivity contribution in [3.05, 3.63) is 52.5 Å². The normalized spacial score (nSPS) is 27.6. The molecule has 174 valence electrons. The molecule has 2 amide bonds. The molecule has 1 fully saturated rings. The van der Waals surface area contributed by atoms with Crippen molar-refractivity contribution >= 4 is 39.1 Å². The van der Waals surface area contributed by atoms with E-state index < -0.39 is 5.54 Å². The van der Waals surface area contributed by atoms with Crippen LogP contribution in [-0.2, 0) is 11.3 Å². The van der Waals surface area contributed by atoms with Gasteiger partial charge in [-0.2, -0.15) is 0 Å². The van der Waals surface area contributed by atoms with Crippen molar-refractivity contribution in [1.29, 1.82) is 0 Å². The maximum Gasteiger partial charge on any atom is 0.275 e. The topological polar surface area (TPSA) is 54.3 Å². The summed E-state index contributed by atoms with van der Waals surface area (Å²) in [6, 6.07) is 10.2. The molecule has 1 saturated carbocycles. The zero-order valence-electron chi connectivity index (χ0n) is 20.1. The Morgan fingerprint density at radius 3 is 2.67 bits per heavy atom. The number of anilines is 1. The number of aromatic nitrogens is 1. The van der Waals surface area contributed by atoms with Gasteiger partial charge >= 0.3 is 0 Å². The number of nitrogens with zero attached hydrogens (tertiary/aromatic N) is 2. The molecule has 0 spiro atoms. The number of hydrogen-bond donors (Lipinski definition) is 1. The van der Waals surface area contributed by atoms with Gasteiger partial charge in [0.2, 0.25) is 5.91 Å². The third-order valence-electron chi connectivity index (χ3n) is 8.17. The Morgan fingerprint density at radius 1 is 1.12 bits per heavy atom. The number of hydrogen-bond acceptors (Lipinski definition) is 3. The number of fused-ring (bicyclic) bond motifs is 3. The maximum atomic E-state index is 14.0. The molecule has 2 aliphatic rings. The number of carbonyl (C=O) groups excluding carboxylic acids is 2. The smallest absolute Gasteiger partial charge is 0.275 e. The van der Waals surface area contributed by atoms with Crippen LogP contribution >= 0.6 is 11.3 Å². The van der Waals surface area contributed by atoms with Crippen LogP contribution in [0, 0.1) is 25.7 Å². The Kier molecular flexibility index (Phi) is 5.39. The van der Waals surface area contributed by atoms with E-state index in [0.717, 1.165) is 34.3 Å². The fourth-order valence-electron chi connectivity index (χ4n) is 5.59. The zero-order chi connectivity index (χ0) is 23.5. The summed E-state index contributed by atoms with van der Waals surface area (Å²) in [6.07, 6.45) is 3.33. The third kappa shape index (κ3) is 3.50. The first-order valence-electron chi connectivity index (χ1n) is 12.0. The predicted molar refractivity (Wildman–Crippen MR) is 135 cm³/mol. The first-order chi connectivity index (χ1) is 15.7. The Balaban J connectivity index is 1.59. The molecular weight excluding hydrogens is 430 g/mol. The summed E-state index contributed by atoms with van der Waals surface area (Å²) in [7, 11) is 0. The second-order valence-corrected chi connectivity index (χ2v) is 11.3. The molecule has 5 rings (SSSR count). The van der Waals surface area contributed by atoms with Gasteiger partial charge in [0.1, 0.15) is 11.2 Å². The Hall–Kier alpha value is -2.60. The van der Waals surface area contributed by atoms with Gasteiger partial charge in [-0.3, -0.25) is 14.5 Å². The number of rotatable bonds is 3. The molecule has 0 bridgehead atoms. The van der Waals surface area contributed by atoms with Crippen molar-refractivity contribution in [1.82, 2.24) is 9.88 Å². The minimum absolute atomic E-state index is 0.0669. The molecule has 3 heterocycles. The van der Waals surface area contributed by atoms with E-state index in [1.807, 2.05) is 47.2 Å². The van der Waals surface area contributed by atoms with Gasteiger partial charge in [-0.15, -0.1) is 11.3 Å². The van der Waals surface area contributed by atoms with Gasteiger partial charge in [-0.05, 0) is 79.8 Å². The molecule has 1 N–H and O–H groups in total. The van der Waals surface area contributed by atoms with Gasteiger partial charge in [-0.1, -0.05) is 32.8 Å². The van der Waals surface area contributed by atoms with E-state index in [-0.39, 0.29) is 17.9 Å². The molecule has 1 aromatic carbocycles. The van der Waals surface area contributed by atoms with E-state index in [1.54, 1.807) is 16.2 Å². The lowest BCUT2D eigenvalue weighted by molar-refractivity contribution is -0.128. The largest absolute Gasteiger partial charge is 0.351 e. The van der Waals surface area contributed by atoms with Crippen molar-refractivity contribution in [3.8, 4) is 0 Å². The van der Waals surface area contributed by atoms with E-state index in [4.69, 9.17) is 0 Å². The Bertz CT molecular complexity index is 1240. The molecule has 0 radical (unpaired) electrons. The van der Waals surface area contributed by atoms with Crippen molar-refractivity contribution in [2.75, 3.05) is 4.90 Å². The summed E-state index contributed by atoms with van der Waals surface area (Å²) in [5.74, 6) is 0.826. The van der Waals surface area contributed by atoms with E-state index in [0.29, 0.717) is 24.1 Å². The van der Waals surface area contributed by atoms with Gasteiger partial charge in [0.25, 0.3) is 5.91 Å². The highest BCUT2D eigenvalue weighted by Gasteiger charge is 2.49. The lowest BCUT2D eigenvalue weighted by Crippen LogP contribution is -2.66. The number of thiophene rings is 1. The van der Waals surface area contributed by atoms with Crippen LogP contribution in [0.5, 0.6) is 0 Å². The van der Waals surface area contributed by atoms with Crippen LogP contribution in [0.25, 0.3) is 10.2 Å². The monoisotopic (exact) mass is 463 g/mol. The number of amides is 2. The van der Waals surface area contributed by atoms with Crippen molar-refractivity contribution < 1.29 is 9.59 Å². The van der Waals surface area contributed by atoms with E-state index in [1.165, 1.54) is 12.0 Å². The van der Waals surface area contributed by atoms with Crippen LogP contribution < -0.4 is 10.2 Å². The van der Waals surface area contributed by atoms with Crippen LogP contribution in [0.4, 0.5) is 5.69 Å². The minimum Gasteiger partial charge on any atom is -0.351 e. The average molecular weight is 464 g/mol. The van der Waals surface area contributed by atoms with Gasteiger partial charge < -0.3 is 9.88 Å². The van der Waals surface area contributed by atoms with Gasteiger partial charge in [0, 0.05) is 11.7 Å². The fourth-order valence-corrected chi connectivity index (χ4v) is 6.41. The second kappa shape index (κ2) is 8.01. The molecule has 33 heavy (non-hydrogen) atoms. The molecule has 6 heteroatoms. The summed E-state index contributed by atoms with van der Waals surface area (Å²) in [4.78, 5) is 29.7. The van der Waals surface area contributed by atoms with Crippen LogP contribution in [0.2, 0.25) is 0 Å². The van der Waals surface area contributed by atoms with Gasteiger partial charge in [0.05, 0.1) is 16.8 Å². The summed E-state index contributed by atoms with van der Waals surface area (Å²) in [5, 5.41) is 5.42. The van der Waals surface area contributed by atoms with Crippen molar-refractivity contribution in [3.63, 3.8) is 0 Å². The second-order valence-electron chi connectivity index (χ2n) is 10.3. The highest BCUT2D eigenvalue weighted by Crippen LogP contribution is 2.38. The van der Waals surface area contributed by atoms with Crippen LogP contribution in [0.3, 0.4) is 0 Å². The third-order valence-corrected chi connectivity index (χ3v) is 9.02. The molecule has 1 aliphatic heterocycles. The standard InChI is InChI=1S/C27H33N3O2S/c1-16-9-10-20(13-18(16)3)30-25(31)23-14-24-22(11-12-33-24)29(23)15-27(30,5)26(32)28-21-8-6-7-17(2)19(21)4/h9-14,17,19,21H,6-8,15H2,1-5H3,(H,28,32). The highest BCUT2D eigenvalue weighted by molar-refractivity contribution is 7.17. The molecule has 3 aromatic rings. The summed E-state index contributed by atoms with van der Waals surface area (Å²) in [6.45, 7) is 11.0. The number of nitrogens with one attached hydrogen (secondary N) is 1. The molecule has 5 nitrogen and oxygen atoms in total. The number of carbonyl (C=O) groups is 2. The van der Waals surface area contributed by atoms with E-state index in [9.17, 15) is 9.59 Å².